The molecule has 1 heterocycles. The molecule has 0 radical (unpaired) electrons. The highest BCUT2D eigenvalue weighted by atomic mass is 32.2. The molecule has 0 aromatic heterocycles. The standard InChI is InChI=1S/C22H28N2O4S/c1-17-16-18(6-12-21(17)28-2)7-13-22(25)23-19-8-10-20(11-9-19)29(26,27)24-14-4-3-5-15-24/h6,8-12,16H,3-5,7,13-15H2,1-2H3,(H,23,25). The molecule has 1 N–H and O–H groups in total. The molecule has 2 aromatic rings. The van der Waals surface area contributed by atoms with E-state index < -0.39 is 10.0 Å². The van der Waals surface area contributed by atoms with Gasteiger partial charge in [-0.05, 0) is 67.6 Å². The van der Waals surface area contributed by atoms with Gasteiger partial charge in [-0.3, -0.25) is 4.79 Å². The fourth-order valence-corrected chi connectivity index (χ4v) is 5.06. The minimum absolute atomic E-state index is 0.106. The molecule has 7 heteroatoms. The predicted molar refractivity (Wildman–Crippen MR) is 114 cm³/mol. The number of sulfonamides is 1. The molecule has 2 aromatic carbocycles. The summed E-state index contributed by atoms with van der Waals surface area (Å²) in [4.78, 5) is 12.5. The fourth-order valence-electron chi connectivity index (χ4n) is 3.54. The van der Waals surface area contributed by atoms with Gasteiger partial charge in [-0.2, -0.15) is 4.31 Å². The van der Waals surface area contributed by atoms with Crippen LogP contribution < -0.4 is 10.1 Å². The zero-order valence-electron chi connectivity index (χ0n) is 17.0. The number of piperidine rings is 1. The van der Waals surface area contributed by atoms with Crippen molar-refractivity contribution in [1.82, 2.24) is 4.31 Å². The van der Waals surface area contributed by atoms with Crippen LogP contribution in [-0.2, 0) is 21.2 Å². The zero-order valence-corrected chi connectivity index (χ0v) is 17.8. The van der Waals surface area contributed by atoms with Crippen molar-refractivity contribution < 1.29 is 17.9 Å². The fraction of sp³-hybridized carbons (Fsp3) is 0.409. The molecule has 0 bridgehead atoms. The van der Waals surface area contributed by atoms with Crippen molar-refractivity contribution in [2.75, 3.05) is 25.5 Å². The van der Waals surface area contributed by atoms with E-state index in [2.05, 4.69) is 5.32 Å². The monoisotopic (exact) mass is 416 g/mol. The topological polar surface area (TPSA) is 75.7 Å². The molecule has 29 heavy (non-hydrogen) atoms. The maximum atomic E-state index is 12.7. The van der Waals surface area contributed by atoms with Gasteiger partial charge in [0, 0.05) is 25.2 Å². The number of nitrogens with one attached hydrogen (secondary N) is 1. The quantitative estimate of drug-likeness (QED) is 0.746. The summed E-state index contributed by atoms with van der Waals surface area (Å²) in [5.41, 5.74) is 2.70. The first-order valence-corrected chi connectivity index (χ1v) is 11.4. The van der Waals surface area contributed by atoms with E-state index in [-0.39, 0.29) is 10.8 Å². The van der Waals surface area contributed by atoms with Gasteiger partial charge in [-0.15, -0.1) is 0 Å². The Morgan fingerprint density at radius 3 is 2.38 bits per heavy atom. The molecule has 1 aliphatic rings. The molecule has 1 saturated heterocycles. The van der Waals surface area contributed by atoms with Gasteiger partial charge in [0.15, 0.2) is 0 Å². The Bertz CT molecular complexity index is 949. The minimum Gasteiger partial charge on any atom is -0.496 e. The summed E-state index contributed by atoms with van der Waals surface area (Å²) < 4.78 is 32.2. The van der Waals surface area contributed by atoms with Crippen LogP contribution in [-0.4, -0.2) is 38.8 Å². The van der Waals surface area contributed by atoms with Crippen molar-refractivity contribution in [1.29, 1.82) is 0 Å². The van der Waals surface area contributed by atoms with Crippen LogP contribution in [0.2, 0.25) is 0 Å². The first kappa shape index (κ1) is 21.3. The number of nitrogens with zero attached hydrogens (tertiary/aromatic N) is 1. The van der Waals surface area contributed by atoms with Gasteiger partial charge in [-0.25, -0.2) is 8.42 Å². The second kappa shape index (κ2) is 9.41. The number of amides is 1. The highest BCUT2D eigenvalue weighted by molar-refractivity contribution is 7.89. The second-order valence-electron chi connectivity index (χ2n) is 7.34. The molecular weight excluding hydrogens is 388 g/mol. The number of carbonyl (C=O) groups excluding carboxylic acids is 1. The number of benzene rings is 2. The number of hydrogen-bond acceptors (Lipinski definition) is 4. The molecule has 156 valence electrons. The van der Waals surface area contributed by atoms with E-state index >= 15 is 0 Å². The molecule has 0 saturated carbocycles. The summed E-state index contributed by atoms with van der Waals surface area (Å²) in [5, 5.41) is 2.84. The Kier molecular flexibility index (Phi) is 6.92. The summed E-state index contributed by atoms with van der Waals surface area (Å²) >= 11 is 0. The lowest BCUT2D eigenvalue weighted by molar-refractivity contribution is -0.116. The Morgan fingerprint density at radius 2 is 1.76 bits per heavy atom. The molecule has 0 atom stereocenters. The smallest absolute Gasteiger partial charge is 0.243 e. The van der Waals surface area contributed by atoms with Gasteiger partial charge in [-0.1, -0.05) is 18.6 Å². The Morgan fingerprint density at radius 1 is 1.07 bits per heavy atom. The summed E-state index contributed by atoms with van der Waals surface area (Å²) in [7, 11) is -1.82. The minimum atomic E-state index is -3.45. The van der Waals surface area contributed by atoms with Crippen LogP contribution in [0.15, 0.2) is 47.4 Å². The van der Waals surface area contributed by atoms with Crippen LogP contribution in [0.4, 0.5) is 5.69 Å². The largest absolute Gasteiger partial charge is 0.496 e. The van der Waals surface area contributed by atoms with Crippen LogP contribution in [0.1, 0.15) is 36.8 Å². The Labute approximate surface area is 172 Å². The van der Waals surface area contributed by atoms with E-state index in [4.69, 9.17) is 4.74 Å². The molecule has 3 rings (SSSR count). The molecule has 6 nitrogen and oxygen atoms in total. The summed E-state index contributed by atoms with van der Waals surface area (Å²) in [6.07, 6.45) is 3.85. The third-order valence-electron chi connectivity index (χ3n) is 5.19. The van der Waals surface area contributed by atoms with Crippen molar-refractivity contribution in [2.24, 2.45) is 0 Å². The van der Waals surface area contributed by atoms with Crippen molar-refractivity contribution in [3.05, 3.63) is 53.6 Å². The third-order valence-corrected chi connectivity index (χ3v) is 7.10. The van der Waals surface area contributed by atoms with Crippen molar-refractivity contribution in [2.45, 2.75) is 43.9 Å². The molecule has 0 unspecified atom stereocenters. The van der Waals surface area contributed by atoms with Crippen molar-refractivity contribution in [3.8, 4) is 5.75 Å². The zero-order chi connectivity index (χ0) is 20.9. The third kappa shape index (κ3) is 5.36. The normalized spacial score (nSPS) is 15.1. The molecular formula is C22H28N2O4S. The van der Waals surface area contributed by atoms with E-state index in [1.807, 2.05) is 25.1 Å². The van der Waals surface area contributed by atoms with Gasteiger partial charge in [0.25, 0.3) is 0 Å². The SMILES string of the molecule is COc1ccc(CCC(=O)Nc2ccc(S(=O)(=O)N3CCCCC3)cc2)cc1C. The molecule has 0 aliphatic carbocycles. The van der Waals surface area contributed by atoms with Gasteiger partial charge in [0.2, 0.25) is 15.9 Å². The summed E-state index contributed by atoms with van der Waals surface area (Å²) in [5.74, 6) is 0.725. The van der Waals surface area contributed by atoms with Crippen molar-refractivity contribution in [3.63, 3.8) is 0 Å². The van der Waals surface area contributed by atoms with E-state index in [0.29, 0.717) is 31.6 Å². The number of carbonyl (C=O) groups is 1. The maximum absolute atomic E-state index is 12.7. The summed E-state index contributed by atoms with van der Waals surface area (Å²) in [6.45, 7) is 3.12. The van der Waals surface area contributed by atoms with Crippen LogP contribution >= 0.6 is 0 Å². The number of aryl methyl sites for hydroxylation is 2. The number of rotatable bonds is 7. The number of hydrogen-bond donors (Lipinski definition) is 1. The number of anilines is 1. The lowest BCUT2D eigenvalue weighted by Gasteiger charge is -2.25. The van der Waals surface area contributed by atoms with E-state index in [1.54, 1.807) is 35.7 Å². The lowest BCUT2D eigenvalue weighted by atomic mass is 10.1. The van der Waals surface area contributed by atoms with Crippen LogP contribution in [0.3, 0.4) is 0 Å². The molecule has 1 aliphatic heterocycles. The summed E-state index contributed by atoms with van der Waals surface area (Å²) in [6, 6.07) is 12.3. The number of methoxy groups -OCH3 is 1. The molecule has 1 amide bonds. The maximum Gasteiger partial charge on any atom is 0.243 e. The van der Waals surface area contributed by atoms with E-state index in [1.165, 1.54) is 0 Å². The number of ether oxygens (including phenoxy) is 1. The van der Waals surface area contributed by atoms with Gasteiger partial charge < -0.3 is 10.1 Å². The first-order chi connectivity index (χ1) is 13.9. The van der Waals surface area contributed by atoms with Gasteiger partial charge in [0.05, 0.1) is 12.0 Å². The Hall–Kier alpha value is -2.38. The highest BCUT2D eigenvalue weighted by Gasteiger charge is 2.25. The van der Waals surface area contributed by atoms with Crippen molar-refractivity contribution >= 4 is 21.6 Å². The molecule has 0 spiro atoms. The second-order valence-corrected chi connectivity index (χ2v) is 9.28. The van der Waals surface area contributed by atoms with Crippen LogP contribution in [0.25, 0.3) is 0 Å². The van der Waals surface area contributed by atoms with Crippen LogP contribution in [0.5, 0.6) is 5.75 Å². The lowest BCUT2D eigenvalue weighted by Crippen LogP contribution is -2.35. The molecule has 1 fully saturated rings. The predicted octanol–water partition coefficient (Wildman–Crippen LogP) is 3.75. The average Bonchev–Trinajstić information content (AvgIpc) is 2.73. The Balaban J connectivity index is 1.56. The van der Waals surface area contributed by atoms with Gasteiger partial charge in [0.1, 0.15) is 5.75 Å². The highest BCUT2D eigenvalue weighted by Crippen LogP contribution is 2.22. The van der Waals surface area contributed by atoms with Gasteiger partial charge >= 0.3 is 0 Å². The van der Waals surface area contributed by atoms with E-state index in [9.17, 15) is 13.2 Å². The average molecular weight is 417 g/mol. The van der Waals surface area contributed by atoms with Crippen LogP contribution in [0, 0.1) is 6.92 Å². The first-order valence-electron chi connectivity index (χ1n) is 9.94. The van der Waals surface area contributed by atoms with E-state index in [0.717, 1.165) is 36.1 Å².